The first kappa shape index (κ1) is 27.0. The van der Waals surface area contributed by atoms with Crippen molar-refractivity contribution in [3.63, 3.8) is 0 Å². The number of nitrogens with zero attached hydrogens (tertiary/aromatic N) is 1. The number of benzene rings is 4. The Morgan fingerprint density at radius 1 is 0.780 bits per heavy atom. The molecule has 1 amide bonds. The van der Waals surface area contributed by atoms with Crippen LogP contribution in [0, 0.1) is 0 Å². The highest BCUT2D eigenvalue weighted by Crippen LogP contribution is 2.34. The van der Waals surface area contributed by atoms with Crippen LogP contribution in [0.1, 0.15) is 26.4 Å². The number of aromatic nitrogens is 1. The molecule has 41 heavy (non-hydrogen) atoms. The molecule has 0 atom stereocenters. The van der Waals surface area contributed by atoms with Crippen molar-refractivity contribution in [3.05, 3.63) is 108 Å². The number of nitrogens with one attached hydrogen (secondary N) is 2. The molecule has 0 fully saturated rings. The molecule has 0 saturated carbocycles. The van der Waals surface area contributed by atoms with E-state index in [0.29, 0.717) is 34.1 Å². The molecular weight excluding hydrogens is 522 g/mol. The number of hydrogen-bond acceptors (Lipinski definition) is 7. The van der Waals surface area contributed by atoms with Gasteiger partial charge in [-0.15, -0.1) is 0 Å². The summed E-state index contributed by atoms with van der Waals surface area (Å²) in [6.45, 7) is 0. The van der Waals surface area contributed by atoms with E-state index < -0.39 is 11.9 Å². The van der Waals surface area contributed by atoms with Gasteiger partial charge >= 0.3 is 5.97 Å². The highest BCUT2D eigenvalue weighted by atomic mass is 16.6. The molecule has 0 spiro atoms. The Balaban J connectivity index is 1.34. The molecule has 206 valence electrons. The number of carbonyl (C=O) groups excluding carboxylic acids is 2. The van der Waals surface area contributed by atoms with Crippen molar-refractivity contribution in [1.82, 2.24) is 10.4 Å². The van der Waals surface area contributed by atoms with Crippen LogP contribution in [0.3, 0.4) is 0 Å². The van der Waals surface area contributed by atoms with Crippen LogP contribution in [0.5, 0.6) is 23.0 Å². The third kappa shape index (κ3) is 5.89. The van der Waals surface area contributed by atoms with Crippen molar-refractivity contribution >= 4 is 29.0 Å². The van der Waals surface area contributed by atoms with E-state index in [4.69, 9.17) is 18.9 Å². The standard InChI is InChI=1S/C32H27N3O6/c1-38-23-12-10-22(11-13-23)32(37)41-27-16-9-20(17-28(27)40-3)19-33-35-31(36)30-29(21-7-5-4-6-8-21)25-18-24(39-2)14-15-26(25)34-30/h4-19,34H,1-3H3,(H,35,36). The van der Waals surface area contributed by atoms with E-state index in [1.807, 2.05) is 48.5 Å². The maximum atomic E-state index is 13.2. The SMILES string of the molecule is COc1ccc(C(=O)Oc2ccc(C=NNC(=O)c3[nH]c4ccc(OC)cc4c3-c3ccccc3)cc2OC)cc1. The van der Waals surface area contributed by atoms with Crippen LogP contribution in [-0.2, 0) is 0 Å². The Kier molecular flexibility index (Phi) is 7.96. The molecule has 9 nitrogen and oxygen atoms in total. The number of methoxy groups -OCH3 is 3. The Labute approximate surface area is 236 Å². The van der Waals surface area contributed by atoms with Gasteiger partial charge in [0.05, 0.1) is 33.1 Å². The van der Waals surface area contributed by atoms with Gasteiger partial charge in [-0.25, -0.2) is 10.2 Å². The average Bonchev–Trinajstić information content (AvgIpc) is 3.41. The molecule has 1 heterocycles. The van der Waals surface area contributed by atoms with Gasteiger partial charge in [0.15, 0.2) is 11.5 Å². The minimum absolute atomic E-state index is 0.246. The summed E-state index contributed by atoms with van der Waals surface area (Å²) >= 11 is 0. The molecule has 5 rings (SSSR count). The normalized spacial score (nSPS) is 10.9. The van der Waals surface area contributed by atoms with Gasteiger partial charge in [0, 0.05) is 16.5 Å². The first-order valence-corrected chi connectivity index (χ1v) is 12.6. The number of hydrazone groups is 1. The average molecular weight is 550 g/mol. The maximum Gasteiger partial charge on any atom is 0.343 e. The molecule has 0 aliphatic rings. The van der Waals surface area contributed by atoms with Crippen LogP contribution >= 0.6 is 0 Å². The van der Waals surface area contributed by atoms with E-state index in [0.717, 1.165) is 22.0 Å². The van der Waals surface area contributed by atoms with E-state index >= 15 is 0 Å². The Hall–Kier alpha value is -5.57. The second-order valence-corrected chi connectivity index (χ2v) is 8.88. The monoisotopic (exact) mass is 549 g/mol. The summed E-state index contributed by atoms with van der Waals surface area (Å²) in [6, 6.07) is 26.8. The summed E-state index contributed by atoms with van der Waals surface area (Å²) in [6.07, 6.45) is 1.48. The van der Waals surface area contributed by atoms with E-state index in [2.05, 4.69) is 15.5 Å². The number of carbonyl (C=O) groups is 2. The number of fused-ring (bicyclic) bond motifs is 1. The maximum absolute atomic E-state index is 13.2. The zero-order valence-electron chi connectivity index (χ0n) is 22.6. The summed E-state index contributed by atoms with van der Waals surface area (Å²) in [5.74, 6) is 0.951. The van der Waals surface area contributed by atoms with Crippen LogP contribution in [0.2, 0.25) is 0 Å². The third-order valence-corrected chi connectivity index (χ3v) is 6.39. The number of amides is 1. The lowest BCUT2D eigenvalue weighted by molar-refractivity contribution is 0.0729. The Morgan fingerprint density at radius 2 is 1.51 bits per heavy atom. The summed E-state index contributed by atoms with van der Waals surface area (Å²) < 4.78 is 21.4. The van der Waals surface area contributed by atoms with E-state index in [1.165, 1.54) is 13.3 Å². The summed E-state index contributed by atoms with van der Waals surface area (Å²) in [7, 11) is 4.62. The van der Waals surface area contributed by atoms with Gasteiger partial charge < -0.3 is 23.9 Å². The van der Waals surface area contributed by atoms with Gasteiger partial charge in [-0.2, -0.15) is 5.10 Å². The number of ether oxygens (including phenoxy) is 4. The smallest absolute Gasteiger partial charge is 0.343 e. The zero-order valence-corrected chi connectivity index (χ0v) is 22.6. The zero-order chi connectivity index (χ0) is 28.8. The van der Waals surface area contributed by atoms with E-state index in [-0.39, 0.29) is 5.75 Å². The first-order valence-electron chi connectivity index (χ1n) is 12.6. The highest BCUT2D eigenvalue weighted by Gasteiger charge is 2.20. The number of aromatic amines is 1. The van der Waals surface area contributed by atoms with Gasteiger partial charge in [-0.05, 0) is 71.8 Å². The lowest BCUT2D eigenvalue weighted by atomic mass is 10.0. The fraction of sp³-hybridized carbons (Fsp3) is 0.0938. The second kappa shape index (κ2) is 12.1. The Morgan fingerprint density at radius 3 is 2.22 bits per heavy atom. The summed E-state index contributed by atoms with van der Waals surface area (Å²) in [5.41, 5.74) is 6.37. The highest BCUT2D eigenvalue weighted by molar-refractivity contribution is 6.10. The van der Waals surface area contributed by atoms with Crippen LogP contribution in [-0.4, -0.2) is 44.4 Å². The molecule has 9 heteroatoms. The van der Waals surface area contributed by atoms with Gasteiger partial charge in [0.1, 0.15) is 17.2 Å². The predicted molar refractivity (Wildman–Crippen MR) is 156 cm³/mol. The largest absolute Gasteiger partial charge is 0.497 e. The molecule has 1 aromatic heterocycles. The van der Waals surface area contributed by atoms with Crippen molar-refractivity contribution in [2.24, 2.45) is 5.10 Å². The van der Waals surface area contributed by atoms with Gasteiger partial charge in [-0.3, -0.25) is 4.79 Å². The molecule has 0 unspecified atom stereocenters. The quantitative estimate of drug-likeness (QED) is 0.103. The molecule has 5 aromatic rings. The van der Waals surface area contributed by atoms with E-state index in [1.54, 1.807) is 56.7 Å². The lowest BCUT2D eigenvalue weighted by Gasteiger charge is -2.10. The minimum Gasteiger partial charge on any atom is -0.497 e. The predicted octanol–water partition coefficient (Wildman–Crippen LogP) is 5.84. The molecular formula is C32H27N3O6. The summed E-state index contributed by atoms with van der Waals surface area (Å²) in [4.78, 5) is 29.0. The molecule has 0 bridgehead atoms. The molecule has 0 aliphatic carbocycles. The minimum atomic E-state index is -0.537. The van der Waals surface area contributed by atoms with E-state index in [9.17, 15) is 9.59 Å². The number of H-pyrrole nitrogens is 1. The fourth-order valence-corrected chi connectivity index (χ4v) is 4.33. The topological polar surface area (TPSA) is 111 Å². The number of hydrogen-bond donors (Lipinski definition) is 2. The van der Waals surface area contributed by atoms with Gasteiger partial charge in [0.25, 0.3) is 5.91 Å². The van der Waals surface area contributed by atoms with Gasteiger partial charge in [0.2, 0.25) is 0 Å². The second-order valence-electron chi connectivity index (χ2n) is 8.88. The van der Waals surface area contributed by atoms with Crippen molar-refractivity contribution in [1.29, 1.82) is 0 Å². The van der Waals surface area contributed by atoms with Crippen LogP contribution in [0.25, 0.3) is 22.0 Å². The molecule has 0 aliphatic heterocycles. The fourth-order valence-electron chi connectivity index (χ4n) is 4.33. The van der Waals surface area contributed by atoms with Crippen molar-refractivity contribution in [2.75, 3.05) is 21.3 Å². The van der Waals surface area contributed by atoms with Crippen LogP contribution in [0.4, 0.5) is 0 Å². The summed E-state index contributed by atoms with van der Waals surface area (Å²) in [5, 5.41) is 5.00. The third-order valence-electron chi connectivity index (χ3n) is 6.39. The van der Waals surface area contributed by atoms with Gasteiger partial charge in [-0.1, -0.05) is 30.3 Å². The Bertz CT molecular complexity index is 1730. The molecule has 0 saturated heterocycles. The first-order chi connectivity index (χ1) is 20.0. The van der Waals surface area contributed by atoms with Crippen molar-refractivity contribution in [2.45, 2.75) is 0 Å². The molecule has 4 aromatic carbocycles. The van der Waals surface area contributed by atoms with Crippen molar-refractivity contribution in [3.8, 4) is 34.1 Å². The number of rotatable bonds is 9. The molecule has 0 radical (unpaired) electrons. The number of esters is 1. The molecule has 2 N–H and O–H groups in total. The lowest BCUT2D eigenvalue weighted by Crippen LogP contribution is -2.18. The van der Waals surface area contributed by atoms with Crippen LogP contribution in [0.15, 0.2) is 96.1 Å². The van der Waals surface area contributed by atoms with Crippen LogP contribution < -0.4 is 24.4 Å². The van der Waals surface area contributed by atoms with Crippen molar-refractivity contribution < 1.29 is 28.5 Å².